The first kappa shape index (κ1) is 24.1. The smallest absolute Gasteiger partial charge is 0.138 e. The summed E-state index contributed by atoms with van der Waals surface area (Å²) in [4.78, 5) is 0. The molecule has 0 atom stereocenters. The molecule has 0 aliphatic heterocycles. The van der Waals surface area contributed by atoms with Crippen LogP contribution in [0.15, 0.2) is 18.2 Å². The number of hydrogen-bond donors (Lipinski definition) is 0. The average molecular weight is 397 g/mol. The topological polar surface area (TPSA) is 18.5 Å². The van der Waals surface area contributed by atoms with Crippen molar-refractivity contribution in [1.29, 1.82) is 0 Å². The molecule has 0 N–H and O–H groups in total. The van der Waals surface area contributed by atoms with E-state index >= 15 is 0 Å². The first-order valence-corrected chi connectivity index (χ1v) is 11.7. The van der Waals surface area contributed by atoms with Crippen molar-refractivity contribution in [3.63, 3.8) is 0 Å². The zero-order chi connectivity index (χ0) is 19.6. The maximum atomic E-state index is 6.33. The minimum Gasteiger partial charge on any atom is -0.494 e. The Labute approximate surface area is 173 Å². The van der Waals surface area contributed by atoms with Gasteiger partial charge in [0.15, 0.2) is 0 Å². The lowest BCUT2D eigenvalue weighted by Crippen LogP contribution is -2.00. The largest absolute Gasteiger partial charge is 0.494 e. The van der Waals surface area contributed by atoms with E-state index in [0.717, 1.165) is 37.6 Å². The van der Waals surface area contributed by atoms with Crippen molar-refractivity contribution in [1.82, 2.24) is 0 Å². The standard InChI is InChI=1S/C24H41ClO2/c1-3-5-7-9-11-13-15-19-26-22-17-18-24(23(25)21-22)27-20-16-14-12-10-8-6-4-2/h17-18,21H,3-16,19-20H2,1-2H3. The molecule has 2 nitrogen and oxygen atoms in total. The molecule has 0 aliphatic carbocycles. The van der Waals surface area contributed by atoms with Crippen LogP contribution in [0.3, 0.4) is 0 Å². The summed E-state index contributed by atoms with van der Waals surface area (Å²) >= 11 is 6.33. The molecule has 0 saturated carbocycles. The Morgan fingerprint density at radius 2 is 1.11 bits per heavy atom. The van der Waals surface area contributed by atoms with Gasteiger partial charge in [-0.15, -0.1) is 0 Å². The fourth-order valence-electron chi connectivity index (χ4n) is 3.18. The number of rotatable bonds is 18. The average Bonchev–Trinajstić information content (AvgIpc) is 2.67. The van der Waals surface area contributed by atoms with Crippen molar-refractivity contribution in [2.45, 2.75) is 104 Å². The molecule has 0 heterocycles. The third-order valence-electron chi connectivity index (χ3n) is 4.93. The van der Waals surface area contributed by atoms with E-state index in [-0.39, 0.29) is 0 Å². The fraction of sp³-hybridized carbons (Fsp3) is 0.750. The molecule has 3 heteroatoms. The lowest BCUT2D eigenvalue weighted by atomic mass is 10.1. The summed E-state index contributed by atoms with van der Waals surface area (Å²) in [5, 5.41) is 0.648. The predicted octanol–water partition coefficient (Wildman–Crippen LogP) is 8.60. The first-order valence-electron chi connectivity index (χ1n) is 11.3. The summed E-state index contributed by atoms with van der Waals surface area (Å²) in [5.41, 5.74) is 0. The van der Waals surface area contributed by atoms with Crippen LogP contribution in [0.2, 0.25) is 5.02 Å². The predicted molar refractivity (Wildman–Crippen MR) is 118 cm³/mol. The Bertz CT molecular complexity index is 462. The monoisotopic (exact) mass is 396 g/mol. The van der Waals surface area contributed by atoms with Gasteiger partial charge < -0.3 is 9.47 Å². The second kappa shape index (κ2) is 17.2. The molecule has 0 radical (unpaired) electrons. The zero-order valence-electron chi connectivity index (χ0n) is 17.7. The van der Waals surface area contributed by atoms with Crippen LogP contribution in [0.25, 0.3) is 0 Å². The summed E-state index contributed by atoms with van der Waals surface area (Å²) in [6.45, 7) is 6.02. The van der Waals surface area contributed by atoms with E-state index in [2.05, 4.69) is 13.8 Å². The molecule has 0 unspecified atom stereocenters. The number of hydrogen-bond acceptors (Lipinski definition) is 2. The van der Waals surface area contributed by atoms with Crippen LogP contribution in [-0.4, -0.2) is 13.2 Å². The second-order valence-corrected chi connectivity index (χ2v) is 7.94. The van der Waals surface area contributed by atoms with E-state index < -0.39 is 0 Å². The van der Waals surface area contributed by atoms with Crippen LogP contribution < -0.4 is 9.47 Å². The van der Waals surface area contributed by atoms with Gasteiger partial charge in [0.05, 0.1) is 18.2 Å². The molecule has 0 aliphatic rings. The molecule has 1 aromatic carbocycles. The molecule has 156 valence electrons. The lowest BCUT2D eigenvalue weighted by molar-refractivity contribution is 0.296. The van der Waals surface area contributed by atoms with Crippen LogP contribution in [0, 0.1) is 0 Å². The van der Waals surface area contributed by atoms with Crippen molar-refractivity contribution in [3.8, 4) is 11.5 Å². The van der Waals surface area contributed by atoms with Crippen LogP contribution in [0.4, 0.5) is 0 Å². The maximum absolute atomic E-state index is 6.33. The van der Waals surface area contributed by atoms with E-state index in [1.165, 1.54) is 77.0 Å². The summed E-state index contributed by atoms with van der Waals surface area (Å²) in [6, 6.07) is 5.78. The third-order valence-corrected chi connectivity index (χ3v) is 5.22. The molecule has 0 saturated heterocycles. The van der Waals surface area contributed by atoms with Crippen molar-refractivity contribution in [3.05, 3.63) is 23.2 Å². The second-order valence-electron chi connectivity index (χ2n) is 7.53. The molecule has 0 spiro atoms. The van der Waals surface area contributed by atoms with Gasteiger partial charge in [0.1, 0.15) is 11.5 Å². The van der Waals surface area contributed by atoms with Crippen molar-refractivity contribution >= 4 is 11.6 Å². The summed E-state index contributed by atoms with van der Waals surface area (Å²) < 4.78 is 11.6. The van der Waals surface area contributed by atoms with Gasteiger partial charge in [0.2, 0.25) is 0 Å². The Balaban J connectivity index is 2.09. The molecular formula is C24H41ClO2. The minimum absolute atomic E-state index is 0.648. The SMILES string of the molecule is CCCCCCCCCOc1ccc(OCCCCCCCCC)c(Cl)c1. The van der Waals surface area contributed by atoms with E-state index in [1.54, 1.807) is 0 Å². The van der Waals surface area contributed by atoms with E-state index in [9.17, 15) is 0 Å². The highest BCUT2D eigenvalue weighted by atomic mass is 35.5. The van der Waals surface area contributed by atoms with Crippen molar-refractivity contribution < 1.29 is 9.47 Å². The number of halogens is 1. The Hall–Kier alpha value is -0.890. The van der Waals surface area contributed by atoms with Gasteiger partial charge in [-0.25, -0.2) is 0 Å². The maximum Gasteiger partial charge on any atom is 0.138 e. The number of benzene rings is 1. The fourth-order valence-corrected chi connectivity index (χ4v) is 3.40. The van der Waals surface area contributed by atoms with Crippen molar-refractivity contribution in [2.24, 2.45) is 0 Å². The number of ether oxygens (including phenoxy) is 2. The summed E-state index contributed by atoms with van der Waals surface area (Å²) in [5.74, 6) is 1.61. The van der Waals surface area contributed by atoms with Crippen LogP contribution in [0.1, 0.15) is 104 Å². The molecular weight excluding hydrogens is 356 g/mol. The molecule has 0 aromatic heterocycles. The van der Waals surface area contributed by atoms with Gasteiger partial charge in [-0.05, 0) is 25.0 Å². The third kappa shape index (κ3) is 13.0. The van der Waals surface area contributed by atoms with Gasteiger partial charge in [-0.3, -0.25) is 0 Å². The minimum atomic E-state index is 0.648. The highest BCUT2D eigenvalue weighted by Gasteiger charge is 2.04. The first-order chi connectivity index (χ1) is 13.3. The zero-order valence-corrected chi connectivity index (χ0v) is 18.5. The normalized spacial score (nSPS) is 10.9. The Morgan fingerprint density at radius 1 is 0.630 bits per heavy atom. The van der Waals surface area contributed by atoms with Crippen LogP contribution in [-0.2, 0) is 0 Å². The van der Waals surface area contributed by atoms with E-state index in [4.69, 9.17) is 21.1 Å². The number of unbranched alkanes of at least 4 members (excludes halogenated alkanes) is 12. The molecule has 0 bridgehead atoms. The summed E-state index contributed by atoms with van der Waals surface area (Å²) in [6.07, 6.45) is 18.1. The molecule has 1 rings (SSSR count). The van der Waals surface area contributed by atoms with E-state index in [0.29, 0.717) is 5.02 Å². The van der Waals surface area contributed by atoms with Crippen molar-refractivity contribution in [2.75, 3.05) is 13.2 Å². The Morgan fingerprint density at radius 3 is 1.63 bits per heavy atom. The molecule has 1 aromatic rings. The highest BCUT2D eigenvalue weighted by Crippen LogP contribution is 2.29. The van der Waals surface area contributed by atoms with E-state index in [1.807, 2.05) is 18.2 Å². The van der Waals surface area contributed by atoms with Crippen LogP contribution in [0.5, 0.6) is 11.5 Å². The summed E-state index contributed by atoms with van der Waals surface area (Å²) in [7, 11) is 0. The van der Waals surface area contributed by atoms with Gasteiger partial charge >= 0.3 is 0 Å². The molecule has 27 heavy (non-hydrogen) atoms. The van der Waals surface area contributed by atoms with Gasteiger partial charge in [0, 0.05) is 6.07 Å². The quantitative estimate of drug-likeness (QED) is 0.231. The highest BCUT2D eigenvalue weighted by molar-refractivity contribution is 6.32. The lowest BCUT2D eigenvalue weighted by Gasteiger charge is -2.11. The Kier molecular flexibility index (Phi) is 15.4. The van der Waals surface area contributed by atoms with Gasteiger partial charge in [0.25, 0.3) is 0 Å². The van der Waals surface area contributed by atoms with Gasteiger partial charge in [-0.2, -0.15) is 0 Å². The van der Waals surface area contributed by atoms with Crippen LogP contribution >= 0.6 is 11.6 Å². The molecule has 0 fully saturated rings. The van der Waals surface area contributed by atoms with Gasteiger partial charge in [-0.1, -0.05) is 102 Å². The molecule has 0 amide bonds.